The highest BCUT2D eigenvalue weighted by Crippen LogP contribution is 2.18. The second-order valence-corrected chi connectivity index (χ2v) is 5.29. The van der Waals surface area contributed by atoms with Crippen molar-refractivity contribution in [1.29, 1.82) is 0 Å². The summed E-state index contributed by atoms with van der Waals surface area (Å²) in [7, 11) is 3.72. The summed E-state index contributed by atoms with van der Waals surface area (Å²) in [5, 5.41) is 9.96. The Labute approximate surface area is 129 Å². The fourth-order valence-electron chi connectivity index (χ4n) is 1.95. The molecule has 0 aliphatic carbocycles. The van der Waals surface area contributed by atoms with Gasteiger partial charge in [-0.05, 0) is 29.8 Å². The molecule has 1 heterocycles. The largest absolute Gasteiger partial charge is 0.344 e. The van der Waals surface area contributed by atoms with Gasteiger partial charge in [-0.3, -0.25) is 4.79 Å². The summed E-state index contributed by atoms with van der Waals surface area (Å²) in [6.07, 6.45) is 0. The van der Waals surface area contributed by atoms with Crippen LogP contribution in [0.1, 0.15) is 31.3 Å². The predicted octanol–water partition coefficient (Wildman–Crippen LogP) is 1.94. The van der Waals surface area contributed by atoms with Crippen molar-refractivity contribution in [3.8, 4) is 0 Å². The Morgan fingerprint density at radius 2 is 2.18 bits per heavy atom. The standard InChI is InChI=1S/C15H21N5O2/c1-10(12-6-5-7-13(8-12)17-11(2)21)16-9-14-18-15(19-22-14)20(3)4/h5-8,10,16H,9H2,1-4H3,(H,17,21). The Morgan fingerprint density at radius 3 is 2.82 bits per heavy atom. The van der Waals surface area contributed by atoms with Crippen LogP contribution in [0, 0.1) is 0 Å². The van der Waals surface area contributed by atoms with Crippen LogP contribution < -0.4 is 15.5 Å². The van der Waals surface area contributed by atoms with Crippen LogP contribution >= 0.6 is 0 Å². The number of rotatable bonds is 6. The Balaban J connectivity index is 1.96. The second-order valence-electron chi connectivity index (χ2n) is 5.29. The number of aromatic nitrogens is 2. The number of hydrogen-bond donors (Lipinski definition) is 2. The van der Waals surface area contributed by atoms with E-state index in [1.807, 2.05) is 45.3 Å². The minimum absolute atomic E-state index is 0.0835. The maximum absolute atomic E-state index is 11.1. The smallest absolute Gasteiger partial charge is 0.265 e. The van der Waals surface area contributed by atoms with Gasteiger partial charge in [0.15, 0.2) is 0 Å². The Morgan fingerprint density at radius 1 is 1.41 bits per heavy atom. The van der Waals surface area contributed by atoms with Gasteiger partial charge in [-0.15, -0.1) is 0 Å². The molecule has 2 N–H and O–H groups in total. The van der Waals surface area contributed by atoms with Gasteiger partial charge in [0.25, 0.3) is 5.95 Å². The van der Waals surface area contributed by atoms with Crippen LogP contribution in [0.5, 0.6) is 0 Å². The van der Waals surface area contributed by atoms with Gasteiger partial charge in [0.2, 0.25) is 11.8 Å². The lowest BCUT2D eigenvalue weighted by molar-refractivity contribution is -0.114. The van der Waals surface area contributed by atoms with Gasteiger partial charge in [0.1, 0.15) is 0 Å². The molecule has 22 heavy (non-hydrogen) atoms. The van der Waals surface area contributed by atoms with Gasteiger partial charge in [0, 0.05) is 32.7 Å². The van der Waals surface area contributed by atoms with Gasteiger partial charge < -0.3 is 20.1 Å². The van der Waals surface area contributed by atoms with Crippen LogP contribution in [0.25, 0.3) is 0 Å². The van der Waals surface area contributed by atoms with E-state index in [1.54, 1.807) is 4.90 Å². The highest BCUT2D eigenvalue weighted by molar-refractivity contribution is 5.88. The number of nitrogens with one attached hydrogen (secondary N) is 2. The molecule has 0 saturated heterocycles. The Kier molecular flexibility index (Phi) is 5.11. The molecule has 0 fully saturated rings. The molecule has 0 radical (unpaired) electrons. The number of anilines is 2. The van der Waals surface area contributed by atoms with Crippen LogP contribution in [0.4, 0.5) is 11.6 Å². The SMILES string of the molecule is CC(=O)Nc1cccc(C(C)NCc2nc(N(C)C)no2)c1. The van der Waals surface area contributed by atoms with Crippen LogP contribution in [0.15, 0.2) is 28.8 Å². The first-order chi connectivity index (χ1) is 10.5. The molecule has 1 aromatic heterocycles. The highest BCUT2D eigenvalue weighted by atomic mass is 16.5. The lowest BCUT2D eigenvalue weighted by Gasteiger charge is -2.14. The Hall–Kier alpha value is -2.41. The third kappa shape index (κ3) is 4.29. The number of carbonyl (C=O) groups excluding carboxylic acids is 1. The van der Waals surface area contributed by atoms with Gasteiger partial charge in [-0.2, -0.15) is 4.98 Å². The number of carbonyl (C=O) groups is 1. The summed E-state index contributed by atoms with van der Waals surface area (Å²) in [4.78, 5) is 17.2. The van der Waals surface area contributed by atoms with E-state index < -0.39 is 0 Å². The molecule has 1 amide bonds. The summed E-state index contributed by atoms with van der Waals surface area (Å²) >= 11 is 0. The first-order valence-corrected chi connectivity index (χ1v) is 7.06. The van der Waals surface area contributed by atoms with E-state index in [9.17, 15) is 4.79 Å². The average Bonchev–Trinajstić information content (AvgIpc) is 2.93. The van der Waals surface area contributed by atoms with Crippen molar-refractivity contribution in [2.45, 2.75) is 26.4 Å². The maximum Gasteiger partial charge on any atom is 0.265 e. The molecule has 1 unspecified atom stereocenters. The predicted molar refractivity (Wildman–Crippen MR) is 84.6 cm³/mol. The maximum atomic E-state index is 11.1. The first kappa shape index (κ1) is 16.0. The molecule has 2 aromatic rings. The highest BCUT2D eigenvalue weighted by Gasteiger charge is 2.11. The van der Waals surface area contributed by atoms with E-state index in [0.29, 0.717) is 18.4 Å². The molecule has 0 aliphatic rings. The summed E-state index contributed by atoms with van der Waals surface area (Å²) in [6, 6.07) is 7.80. The number of benzene rings is 1. The quantitative estimate of drug-likeness (QED) is 0.848. The zero-order valence-electron chi connectivity index (χ0n) is 13.3. The number of hydrogen-bond acceptors (Lipinski definition) is 6. The normalized spacial score (nSPS) is 12.0. The van der Waals surface area contributed by atoms with Crippen LogP contribution in [0.3, 0.4) is 0 Å². The van der Waals surface area contributed by atoms with Gasteiger partial charge in [0.05, 0.1) is 6.54 Å². The zero-order valence-corrected chi connectivity index (χ0v) is 13.3. The van der Waals surface area contributed by atoms with E-state index >= 15 is 0 Å². The third-order valence-electron chi connectivity index (χ3n) is 3.12. The van der Waals surface area contributed by atoms with Crippen LogP contribution in [-0.4, -0.2) is 30.1 Å². The summed E-state index contributed by atoms with van der Waals surface area (Å²) in [6.45, 7) is 4.01. The van der Waals surface area contributed by atoms with Crippen molar-refractivity contribution in [2.24, 2.45) is 0 Å². The van der Waals surface area contributed by atoms with Gasteiger partial charge in [-0.1, -0.05) is 12.1 Å². The third-order valence-corrected chi connectivity index (χ3v) is 3.12. The van der Waals surface area contributed by atoms with Crippen molar-refractivity contribution >= 4 is 17.5 Å². The molecule has 0 saturated carbocycles. The molecule has 118 valence electrons. The van der Waals surface area contributed by atoms with Crippen molar-refractivity contribution < 1.29 is 9.32 Å². The molecule has 7 heteroatoms. The summed E-state index contributed by atoms with van der Waals surface area (Å²) in [5.41, 5.74) is 1.85. The minimum atomic E-state index is -0.0835. The van der Waals surface area contributed by atoms with E-state index in [2.05, 4.69) is 20.8 Å². The Bertz CT molecular complexity index is 638. The monoisotopic (exact) mass is 303 g/mol. The topological polar surface area (TPSA) is 83.3 Å². The van der Waals surface area contributed by atoms with E-state index in [1.165, 1.54) is 6.92 Å². The molecule has 0 aliphatic heterocycles. The van der Waals surface area contributed by atoms with E-state index in [0.717, 1.165) is 11.3 Å². The molecular weight excluding hydrogens is 282 g/mol. The molecule has 2 rings (SSSR count). The minimum Gasteiger partial charge on any atom is -0.344 e. The van der Waals surface area contributed by atoms with Gasteiger partial charge >= 0.3 is 0 Å². The fourth-order valence-corrected chi connectivity index (χ4v) is 1.95. The first-order valence-electron chi connectivity index (χ1n) is 7.06. The van der Waals surface area contributed by atoms with Crippen molar-refractivity contribution in [2.75, 3.05) is 24.3 Å². The van der Waals surface area contributed by atoms with Crippen molar-refractivity contribution in [1.82, 2.24) is 15.5 Å². The van der Waals surface area contributed by atoms with Crippen LogP contribution in [-0.2, 0) is 11.3 Å². The number of amides is 1. The lowest BCUT2D eigenvalue weighted by atomic mass is 10.1. The van der Waals surface area contributed by atoms with E-state index in [-0.39, 0.29) is 11.9 Å². The average molecular weight is 303 g/mol. The van der Waals surface area contributed by atoms with Crippen LogP contribution in [0.2, 0.25) is 0 Å². The molecule has 0 bridgehead atoms. The molecule has 1 atom stereocenters. The second kappa shape index (κ2) is 7.04. The lowest BCUT2D eigenvalue weighted by Crippen LogP contribution is -2.19. The molecule has 0 spiro atoms. The zero-order chi connectivity index (χ0) is 16.1. The van der Waals surface area contributed by atoms with Gasteiger partial charge in [-0.25, -0.2) is 0 Å². The molecule has 7 nitrogen and oxygen atoms in total. The van der Waals surface area contributed by atoms with Crippen molar-refractivity contribution in [3.05, 3.63) is 35.7 Å². The summed E-state index contributed by atoms with van der Waals surface area (Å²) < 4.78 is 5.17. The van der Waals surface area contributed by atoms with Crippen molar-refractivity contribution in [3.63, 3.8) is 0 Å². The fraction of sp³-hybridized carbons (Fsp3) is 0.400. The van der Waals surface area contributed by atoms with E-state index in [4.69, 9.17) is 4.52 Å². The number of nitrogens with zero attached hydrogens (tertiary/aromatic N) is 3. The molecular formula is C15H21N5O2. The molecule has 1 aromatic carbocycles. The summed E-state index contributed by atoms with van der Waals surface area (Å²) in [5.74, 6) is 1.01.